The van der Waals surface area contributed by atoms with Crippen LogP contribution in [0.3, 0.4) is 0 Å². The van der Waals surface area contributed by atoms with Crippen LogP contribution in [0, 0.1) is 66.6 Å². The van der Waals surface area contributed by atoms with Crippen LogP contribution in [0.15, 0.2) is 53.6 Å². The number of nitro groups is 2. The van der Waals surface area contributed by atoms with E-state index in [1.165, 1.54) is 31.3 Å². The Bertz CT molecular complexity index is 1360. The summed E-state index contributed by atoms with van der Waals surface area (Å²) in [4.78, 5) is 34.1. The number of hydrogen-bond donors (Lipinski definition) is 0. The number of fused-ring (bicyclic) bond motifs is 5. The van der Waals surface area contributed by atoms with E-state index in [0.717, 1.165) is 24.6 Å². The molecule has 0 N–H and O–H groups in total. The van der Waals surface area contributed by atoms with E-state index in [0.29, 0.717) is 53.8 Å². The summed E-state index contributed by atoms with van der Waals surface area (Å²) in [6, 6.07) is 2.95. The summed E-state index contributed by atoms with van der Waals surface area (Å²) in [6.45, 7) is 14.2. The van der Waals surface area contributed by atoms with Gasteiger partial charge in [0.2, 0.25) is 0 Å². The molecule has 4 aliphatic rings. The molecular formula is C35H46N2O6. The fourth-order valence-electron chi connectivity index (χ4n) is 8.82. The zero-order valence-electron chi connectivity index (χ0n) is 26.4. The van der Waals surface area contributed by atoms with Gasteiger partial charge in [0.15, 0.2) is 0 Å². The number of benzene rings is 1. The zero-order chi connectivity index (χ0) is 31.3. The Kier molecular flexibility index (Phi) is 8.45. The van der Waals surface area contributed by atoms with E-state index in [1.54, 1.807) is 5.57 Å². The minimum atomic E-state index is -0.760. The molecule has 3 fully saturated rings. The first-order valence-corrected chi connectivity index (χ1v) is 16.0. The van der Waals surface area contributed by atoms with Crippen molar-refractivity contribution < 1.29 is 19.4 Å². The summed E-state index contributed by atoms with van der Waals surface area (Å²) in [5.41, 5.74) is 2.08. The van der Waals surface area contributed by atoms with Gasteiger partial charge in [-0.1, -0.05) is 77.0 Å². The summed E-state index contributed by atoms with van der Waals surface area (Å²) in [5, 5.41) is 22.6. The van der Waals surface area contributed by atoms with Gasteiger partial charge in [0.1, 0.15) is 6.10 Å². The molecule has 8 nitrogen and oxygen atoms in total. The van der Waals surface area contributed by atoms with E-state index < -0.39 is 27.2 Å². The number of nitro benzene ring substituents is 2. The van der Waals surface area contributed by atoms with E-state index in [2.05, 4.69) is 65.8 Å². The molecule has 8 atom stereocenters. The molecule has 0 heterocycles. The van der Waals surface area contributed by atoms with Crippen LogP contribution in [0.4, 0.5) is 11.4 Å². The summed E-state index contributed by atoms with van der Waals surface area (Å²) in [5.74, 6) is 2.83. The molecule has 3 saturated carbocycles. The summed E-state index contributed by atoms with van der Waals surface area (Å²) in [6.07, 6.45) is 16.3. The Morgan fingerprint density at radius 3 is 2.21 bits per heavy atom. The number of ether oxygens (including phenoxy) is 1. The maximum absolute atomic E-state index is 13.0. The zero-order valence-corrected chi connectivity index (χ0v) is 26.4. The van der Waals surface area contributed by atoms with Gasteiger partial charge in [-0.25, -0.2) is 4.79 Å². The van der Waals surface area contributed by atoms with Gasteiger partial charge in [0.25, 0.3) is 11.4 Å². The highest BCUT2D eigenvalue weighted by Gasteiger charge is 2.57. The lowest BCUT2D eigenvalue weighted by Crippen LogP contribution is -2.46. The second-order valence-electron chi connectivity index (χ2n) is 14.5. The molecule has 232 valence electrons. The number of hydrogen-bond acceptors (Lipinski definition) is 6. The lowest BCUT2D eigenvalue weighted by atomic mass is 9.50. The van der Waals surface area contributed by atoms with Gasteiger partial charge in [-0.15, -0.1) is 0 Å². The second-order valence-corrected chi connectivity index (χ2v) is 14.5. The average Bonchev–Trinajstić information content (AvgIpc) is 3.32. The maximum atomic E-state index is 13.0. The highest BCUT2D eigenvalue weighted by molar-refractivity contribution is 5.91. The fraction of sp³-hybridized carbons (Fsp3) is 0.629. The molecule has 0 aliphatic heterocycles. The average molecular weight is 591 g/mol. The normalized spacial score (nSPS) is 33.1. The van der Waals surface area contributed by atoms with Crippen molar-refractivity contribution in [2.24, 2.45) is 46.3 Å². The molecule has 1 aromatic carbocycles. The van der Waals surface area contributed by atoms with Gasteiger partial charge < -0.3 is 4.74 Å². The van der Waals surface area contributed by atoms with Crippen molar-refractivity contribution in [1.29, 1.82) is 0 Å². The maximum Gasteiger partial charge on any atom is 0.338 e. The van der Waals surface area contributed by atoms with Gasteiger partial charge in [0.05, 0.1) is 21.5 Å². The SMILES string of the molecule is CC(C)[C@@H](C)/C=C/[C@@H](C)[C@H]1CC[C@@H]2C3=CC=C4C[C@@H](OC(=O)c5cc([N+](=O)[O-])cc([N+](=O)[O-])c5)CC[C@@]4(C)[C@@H]3CC[C@@]21C. The Hall–Kier alpha value is -3.29. The van der Waals surface area contributed by atoms with Crippen LogP contribution in [0.25, 0.3) is 0 Å². The Labute approximate surface area is 255 Å². The third kappa shape index (κ3) is 5.69. The van der Waals surface area contributed by atoms with E-state index in [1.807, 2.05) is 0 Å². The predicted octanol–water partition coefficient (Wildman–Crippen LogP) is 9.01. The van der Waals surface area contributed by atoms with Crippen molar-refractivity contribution in [2.45, 2.75) is 92.6 Å². The number of non-ortho nitro benzene ring substituents is 2. The molecule has 43 heavy (non-hydrogen) atoms. The number of esters is 1. The first-order valence-electron chi connectivity index (χ1n) is 16.0. The van der Waals surface area contributed by atoms with Crippen molar-refractivity contribution in [1.82, 2.24) is 0 Å². The van der Waals surface area contributed by atoms with Crippen molar-refractivity contribution in [3.05, 3.63) is 79.4 Å². The number of carbonyl (C=O) groups is 1. The fourth-order valence-corrected chi connectivity index (χ4v) is 8.82. The van der Waals surface area contributed by atoms with Gasteiger partial charge >= 0.3 is 5.97 Å². The molecule has 0 bridgehead atoms. The summed E-state index contributed by atoms with van der Waals surface area (Å²) < 4.78 is 5.80. The second kappa shape index (κ2) is 11.7. The van der Waals surface area contributed by atoms with E-state index >= 15 is 0 Å². The van der Waals surface area contributed by atoms with Crippen LogP contribution < -0.4 is 0 Å². The third-order valence-corrected chi connectivity index (χ3v) is 11.8. The van der Waals surface area contributed by atoms with Crippen LogP contribution in [0.1, 0.15) is 96.8 Å². The first-order chi connectivity index (χ1) is 20.2. The van der Waals surface area contributed by atoms with Crippen LogP contribution in [0.5, 0.6) is 0 Å². The molecule has 1 aromatic rings. The van der Waals surface area contributed by atoms with Crippen LogP contribution in [0.2, 0.25) is 0 Å². The van der Waals surface area contributed by atoms with Crippen molar-refractivity contribution in [2.75, 3.05) is 0 Å². The van der Waals surface area contributed by atoms with Gasteiger partial charge in [-0.05, 0) is 84.9 Å². The van der Waals surface area contributed by atoms with Crippen LogP contribution in [-0.2, 0) is 4.74 Å². The van der Waals surface area contributed by atoms with E-state index in [-0.39, 0.29) is 17.1 Å². The van der Waals surface area contributed by atoms with Crippen molar-refractivity contribution >= 4 is 17.3 Å². The minimum absolute atomic E-state index is 0.0228. The lowest BCUT2D eigenvalue weighted by molar-refractivity contribution is -0.394. The third-order valence-electron chi connectivity index (χ3n) is 11.8. The summed E-state index contributed by atoms with van der Waals surface area (Å²) in [7, 11) is 0. The van der Waals surface area contributed by atoms with Crippen molar-refractivity contribution in [3.8, 4) is 0 Å². The first kappa shape index (κ1) is 31.1. The molecular weight excluding hydrogens is 544 g/mol. The minimum Gasteiger partial charge on any atom is -0.458 e. The number of allylic oxidation sites excluding steroid dienone is 5. The standard InChI is InChI=1S/C35H46N2O6/c1-21(2)22(3)7-8-23(4)30-11-12-31-29-10-9-25-19-28(13-15-34(25,5)32(29)14-16-35(30,31)6)43-33(38)24-17-26(36(39)40)20-27(18-24)37(41)42/h7-10,17-18,20-23,28,30-32H,11-16,19H2,1-6H3/b8-7+/t22-,23+,28-,30+,31+,32+,34+,35+/m0/s1. The van der Waals surface area contributed by atoms with E-state index in [9.17, 15) is 25.0 Å². The number of nitrogens with zero attached hydrogens (tertiary/aromatic N) is 2. The highest BCUT2D eigenvalue weighted by atomic mass is 16.6. The molecule has 0 spiro atoms. The van der Waals surface area contributed by atoms with Gasteiger partial charge in [-0.2, -0.15) is 0 Å². The Morgan fingerprint density at radius 2 is 1.58 bits per heavy atom. The monoisotopic (exact) mass is 590 g/mol. The molecule has 8 heteroatoms. The molecule has 0 radical (unpaired) electrons. The van der Waals surface area contributed by atoms with Crippen molar-refractivity contribution in [3.63, 3.8) is 0 Å². The molecule has 0 amide bonds. The number of rotatable bonds is 8. The quantitative estimate of drug-likeness (QED) is 0.129. The lowest BCUT2D eigenvalue weighted by Gasteiger charge is -2.55. The smallest absolute Gasteiger partial charge is 0.338 e. The molecule has 0 saturated heterocycles. The Morgan fingerprint density at radius 1 is 0.907 bits per heavy atom. The topological polar surface area (TPSA) is 113 Å². The Balaban J connectivity index is 1.31. The number of carbonyl (C=O) groups excluding carboxylic acids is 1. The van der Waals surface area contributed by atoms with Gasteiger partial charge in [-0.3, -0.25) is 20.2 Å². The summed E-state index contributed by atoms with van der Waals surface area (Å²) >= 11 is 0. The highest BCUT2D eigenvalue weighted by Crippen LogP contribution is 2.66. The predicted molar refractivity (Wildman–Crippen MR) is 166 cm³/mol. The molecule has 4 aliphatic carbocycles. The molecule has 5 rings (SSSR count). The van der Waals surface area contributed by atoms with Gasteiger partial charge in [0, 0.05) is 18.6 Å². The van der Waals surface area contributed by atoms with Crippen LogP contribution >= 0.6 is 0 Å². The van der Waals surface area contributed by atoms with Crippen LogP contribution in [-0.4, -0.2) is 21.9 Å². The molecule has 0 unspecified atom stereocenters. The van der Waals surface area contributed by atoms with E-state index in [4.69, 9.17) is 4.74 Å². The molecule has 0 aromatic heterocycles. The largest absolute Gasteiger partial charge is 0.458 e.